The van der Waals surface area contributed by atoms with Gasteiger partial charge in [-0.05, 0) is 44.9 Å². The normalized spacial score (nSPS) is 13.6. The van der Waals surface area contributed by atoms with Gasteiger partial charge >= 0.3 is 0 Å². The van der Waals surface area contributed by atoms with Crippen LogP contribution in [0.5, 0.6) is 0 Å². The third kappa shape index (κ3) is 44.2. The van der Waals surface area contributed by atoms with Crippen molar-refractivity contribution in [3.63, 3.8) is 0 Å². The highest BCUT2D eigenvalue weighted by Gasteiger charge is 2.20. The number of allylic oxidation sites excluding steroid dienone is 3. The molecule has 0 aromatic rings. The molecule has 0 aromatic heterocycles. The average Bonchev–Trinajstić information content (AvgIpc) is 3.20. The summed E-state index contributed by atoms with van der Waals surface area (Å²) in [7, 11) is 0. The van der Waals surface area contributed by atoms with Crippen LogP contribution in [0.15, 0.2) is 24.3 Å². The van der Waals surface area contributed by atoms with Crippen molar-refractivity contribution in [1.82, 2.24) is 5.32 Å². The molecule has 0 rings (SSSR count). The molecule has 0 aromatic carbocycles. The van der Waals surface area contributed by atoms with Crippen LogP contribution in [0.4, 0.5) is 0 Å². The summed E-state index contributed by atoms with van der Waals surface area (Å²) in [6, 6.07) is -0.744. The van der Waals surface area contributed by atoms with Gasteiger partial charge in [0.1, 0.15) is 0 Å². The van der Waals surface area contributed by atoms with Crippen molar-refractivity contribution in [1.29, 1.82) is 0 Å². The second-order valence-corrected chi connectivity index (χ2v) is 17.8. The standard InChI is InChI=1S/C52H101NO4/c1-3-5-7-9-11-13-15-17-19-21-23-24-25-26-28-29-31-33-35-37-39-41-43-45-49(55)47-52(57)53-50(48-54)51(56)46-44-42-40-38-36-34-32-30-27-22-20-18-16-14-12-10-8-6-4-2/h26,28,44,46,49-51,54-56H,3-25,27,29-43,45,47-48H2,1-2H3,(H,53,57)/b28-26-,46-44+. The van der Waals surface area contributed by atoms with Gasteiger partial charge in [0, 0.05) is 0 Å². The minimum absolute atomic E-state index is 0.0129. The molecule has 5 heteroatoms. The molecule has 57 heavy (non-hydrogen) atoms. The van der Waals surface area contributed by atoms with Crippen molar-refractivity contribution in [3.05, 3.63) is 24.3 Å². The molecule has 0 fully saturated rings. The Balaban J connectivity index is 3.60. The first-order valence-corrected chi connectivity index (χ1v) is 25.6. The maximum atomic E-state index is 12.5. The molecule has 0 heterocycles. The van der Waals surface area contributed by atoms with Crippen molar-refractivity contribution in [2.24, 2.45) is 0 Å². The fourth-order valence-corrected chi connectivity index (χ4v) is 8.04. The van der Waals surface area contributed by atoms with Crippen molar-refractivity contribution in [2.75, 3.05) is 6.61 Å². The molecule has 3 atom stereocenters. The van der Waals surface area contributed by atoms with E-state index < -0.39 is 18.2 Å². The molecule has 3 unspecified atom stereocenters. The van der Waals surface area contributed by atoms with Crippen molar-refractivity contribution < 1.29 is 20.1 Å². The second kappa shape index (κ2) is 47.5. The lowest BCUT2D eigenvalue weighted by molar-refractivity contribution is -0.124. The Bertz CT molecular complexity index is 844. The molecule has 1 amide bonds. The van der Waals surface area contributed by atoms with Crippen LogP contribution < -0.4 is 5.32 Å². The predicted octanol–water partition coefficient (Wildman–Crippen LogP) is 15.3. The molecule has 0 aliphatic carbocycles. The number of carbonyl (C=O) groups is 1. The molecule has 0 radical (unpaired) electrons. The lowest BCUT2D eigenvalue weighted by atomic mass is 10.0. The highest BCUT2D eigenvalue weighted by atomic mass is 16.3. The number of aliphatic hydroxyl groups excluding tert-OH is 3. The molecule has 0 spiro atoms. The monoisotopic (exact) mass is 804 g/mol. The van der Waals surface area contributed by atoms with Gasteiger partial charge < -0.3 is 20.6 Å². The van der Waals surface area contributed by atoms with Crippen LogP contribution in [0, 0.1) is 0 Å². The summed E-state index contributed by atoms with van der Waals surface area (Å²) in [5.41, 5.74) is 0. The van der Waals surface area contributed by atoms with E-state index in [9.17, 15) is 20.1 Å². The van der Waals surface area contributed by atoms with Crippen LogP contribution in [-0.2, 0) is 4.79 Å². The molecular formula is C52H101NO4. The highest BCUT2D eigenvalue weighted by molar-refractivity contribution is 5.76. The van der Waals surface area contributed by atoms with E-state index in [1.54, 1.807) is 6.08 Å². The zero-order chi connectivity index (χ0) is 41.5. The number of amides is 1. The minimum Gasteiger partial charge on any atom is -0.394 e. The number of hydrogen-bond donors (Lipinski definition) is 4. The predicted molar refractivity (Wildman–Crippen MR) is 250 cm³/mol. The molecule has 0 saturated heterocycles. The van der Waals surface area contributed by atoms with Crippen LogP contribution >= 0.6 is 0 Å². The fourth-order valence-electron chi connectivity index (χ4n) is 8.04. The van der Waals surface area contributed by atoms with Gasteiger partial charge in [0.05, 0.1) is 31.3 Å². The van der Waals surface area contributed by atoms with Gasteiger partial charge in [-0.1, -0.05) is 250 Å². The van der Waals surface area contributed by atoms with E-state index in [4.69, 9.17) is 0 Å². The van der Waals surface area contributed by atoms with Gasteiger partial charge in [-0.25, -0.2) is 0 Å². The number of hydrogen-bond acceptors (Lipinski definition) is 4. The minimum atomic E-state index is -0.929. The molecule has 0 aliphatic rings. The van der Waals surface area contributed by atoms with Crippen LogP contribution in [-0.4, -0.2) is 46.1 Å². The maximum Gasteiger partial charge on any atom is 0.222 e. The Morgan fingerprint density at radius 2 is 0.737 bits per heavy atom. The Morgan fingerprint density at radius 3 is 1.07 bits per heavy atom. The molecule has 0 saturated carbocycles. The number of carbonyl (C=O) groups excluding carboxylic acids is 1. The smallest absolute Gasteiger partial charge is 0.222 e. The van der Waals surface area contributed by atoms with E-state index in [1.807, 2.05) is 6.08 Å². The van der Waals surface area contributed by atoms with Crippen molar-refractivity contribution in [3.8, 4) is 0 Å². The molecule has 0 bridgehead atoms. The number of aliphatic hydroxyl groups is 3. The average molecular weight is 804 g/mol. The van der Waals surface area contributed by atoms with Crippen molar-refractivity contribution in [2.45, 2.75) is 295 Å². The lowest BCUT2D eigenvalue weighted by Crippen LogP contribution is -2.45. The number of rotatable bonds is 47. The van der Waals surface area contributed by atoms with E-state index in [-0.39, 0.29) is 18.9 Å². The van der Waals surface area contributed by atoms with Gasteiger partial charge in [0.2, 0.25) is 5.91 Å². The summed E-state index contributed by atoms with van der Waals surface area (Å²) in [5.74, 6) is -0.315. The first-order chi connectivity index (χ1) is 28.0. The quantitative estimate of drug-likeness (QED) is 0.0364. The van der Waals surface area contributed by atoms with E-state index in [1.165, 1.54) is 225 Å². The van der Waals surface area contributed by atoms with Crippen LogP contribution in [0.3, 0.4) is 0 Å². The lowest BCUT2D eigenvalue weighted by Gasteiger charge is -2.21. The number of nitrogens with one attached hydrogen (secondary N) is 1. The Morgan fingerprint density at radius 1 is 0.439 bits per heavy atom. The van der Waals surface area contributed by atoms with E-state index in [0.29, 0.717) is 6.42 Å². The van der Waals surface area contributed by atoms with Crippen LogP contribution in [0.2, 0.25) is 0 Å². The summed E-state index contributed by atoms with van der Waals surface area (Å²) in [4.78, 5) is 12.5. The van der Waals surface area contributed by atoms with Crippen LogP contribution in [0.1, 0.15) is 277 Å². The fraction of sp³-hybridized carbons (Fsp3) is 0.904. The van der Waals surface area contributed by atoms with E-state index in [2.05, 4.69) is 31.3 Å². The highest BCUT2D eigenvalue weighted by Crippen LogP contribution is 2.16. The van der Waals surface area contributed by atoms with Gasteiger partial charge in [0.15, 0.2) is 0 Å². The van der Waals surface area contributed by atoms with Gasteiger partial charge in [-0.3, -0.25) is 4.79 Å². The third-order valence-electron chi connectivity index (χ3n) is 12.0. The molecule has 4 N–H and O–H groups in total. The first-order valence-electron chi connectivity index (χ1n) is 25.6. The van der Waals surface area contributed by atoms with E-state index >= 15 is 0 Å². The Kier molecular flexibility index (Phi) is 46.5. The SMILES string of the molecule is CCCCCCCCCCCCCC/C=C\CCCCCCCCCC(O)CC(=O)NC(CO)C(O)/C=C/CCCCCCCCCCCCCCCCCCC. The van der Waals surface area contributed by atoms with E-state index in [0.717, 1.165) is 25.7 Å². The molecular weight excluding hydrogens is 703 g/mol. The Labute approximate surface area is 356 Å². The summed E-state index contributed by atoms with van der Waals surface area (Å²) in [6.07, 6.45) is 59.1. The summed E-state index contributed by atoms with van der Waals surface area (Å²) >= 11 is 0. The Hall–Kier alpha value is -1.17. The zero-order valence-electron chi connectivity index (χ0n) is 38.5. The molecule has 338 valence electrons. The van der Waals surface area contributed by atoms with Gasteiger partial charge in [0.25, 0.3) is 0 Å². The first kappa shape index (κ1) is 55.8. The van der Waals surface area contributed by atoms with Gasteiger partial charge in [-0.15, -0.1) is 0 Å². The zero-order valence-corrected chi connectivity index (χ0v) is 38.5. The summed E-state index contributed by atoms with van der Waals surface area (Å²) < 4.78 is 0. The van der Waals surface area contributed by atoms with Crippen molar-refractivity contribution >= 4 is 5.91 Å². The summed E-state index contributed by atoms with van der Waals surface area (Å²) in [6.45, 7) is 4.24. The largest absolute Gasteiger partial charge is 0.394 e. The second-order valence-electron chi connectivity index (χ2n) is 17.8. The van der Waals surface area contributed by atoms with Crippen LogP contribution in [0.25, 0.3) is 0 Å². The maximum absolute atomic E-state index is 12.5. The molecule has 5 nitrogen and oxygen atoms in total. The summed E-state index contributed by atoms with van der Waals surface area (Å²) in [5, 5.41) is 33.4. The third-order valence-corrected chi connectivity index (χ3v) is 12.0. The molecule has 0 aliphatic heterocycles. The van der Waals surface area contributed by atoms with Gasteiger partial charge in [-0.2, -0.15) is 0 Å². The topological polar surface area (TPSA) is 89.8 Å². The number of unbranched alkanes of at least 4 members (excludes halogenated alkanes) is 36.